The molecule has 1 heterocycles. The Labute approximate surface area is 114 Å². The van der Waals surface area contributed by atoms with Gasteiger partial charge in [0.05, 0.1) is 7.11 Å². The van der Waals surface area contributed by atoms with Crippen molar-refractivity contribution in [1.82, 2.24) is 9.97 Å². The van der Waals surface area contributed by atoms with Gasteiger partial charge in [0.15, 0.2) is 0 Å². The first-order chi connectivity index (χ1) is 8.65. The summed E-state index contributed by atoms with van der Waals surface area (Å²) >= 11 is 3.44. The number of ether oxygens (including phenoxy) is 1. The van der Waals surface area contributed by atoms with Crippen molar-refractivity contribution >= 4 is 15.9 Å². The second-order valence-electron chi connectivity index (χ2n) is 3.81. The van der Waals surface area contributed by atoms with E-state index in [0.717, 1.165) is 15.6 Å². The van der Waals surface area contributed by atoms with Crippen molar-refractivity contribution in [2.24, 2.45) is 0 Å². The molecule has 1 atom stereocenters. The Morgan fingerprint density at radius 2 is 2.00 bits per heavy atom. The fourth-order valence-corrected chi connectivity index (χ4v) is 2.13. The van der Waals surface area contributed by atoms with E-state index in [4.69, 9.17) is 4.74 Å². The summed E-state index contributed by atoms with van der Waals surface area (Å²) in [6.45, 7) is 1.94. The summed E-state index contributed by atoms with van der Waals surface area (Å²) < 4.78 is 6.06. The molecule has 2 rings (SSSR count). The average molecular weight is 309 g/mol. The third-order valence-corrected chi connectivity index (χ3v) is 3.61. The second-order valence-corrected chi connectivity index (χ2v) is 4.66. The third kappa shape index (κ3) is 2.37. The molecule has 1 aromatic carbocycles. The molecule has 0 saturated heterocycles. The molecule has 0 amide bonds. The number of aliphatic hydroxyl groups is 1. The van der Waals surface area contributed by atoms with Gasteiger partial charge in [0.1, 0.15) is 11.8 Å². The number of hydrogen-bond acceptors (Lipinski definition) is 4. The molecule has 1 aromatic heterocycles. The molecule has 0 bridgehead atoms. The van der Waals surface area contributed by atoms with Crippen LogP contribution in [0.5, 0.6) is 5.88 Å². The molecule has 4 nitrogen and oxygen atoms in total. The van der Waals surface area contributed by atoms with Crippen LogP contribution in [0.25, 0.3) is 0 Å². The summed E-state index contributed by atoms with van der Waals surface area (Å²) in [6, 6.07) is 5.66. The zero-order valence-electron chi connectivity index (χ0n) is 10.1. The lowest BCUT2D eigenvalue weighted by Gasteiger charge is -2.15. The summed E-state index contributed by atoms with van der Waals surface area (Å²) in [5, 5.41) is 10.4. The summed E-state index contributed by atoms with van der Waals surface area (Å²) in [6.07, 6.45) is 2.21. The molecule has 0 fully saturated rings. The van der Waals surface area contributed by atoms with Gasteiger partial charge in [-0.2, -0.15) is 0 Å². The third-order valence-electron chi connectivity index (χ3n) is 2.75. The van der Waals surface area contributed by atoms with Crippen molar-refractivity contribution in [3.05, 3.63) is 51.9 Å². The molecule has 1 unspecified atom stereocenters. The van der Waals surface area contributed by atoms with E-state index in [1.165, 1.54) is 19.5 Å². The van der Waals surface area contributed by atoms with Crippen LogP contribution in [-0.2, 0) is 0 Å². The van der Waals surface area contributed by atoms with Gasteiger partial charge >= 0.3 is 0 Å². The van der Waals surface area contributed by atoms with Gasteiger partial charge in [-0.05, 0) is 24.1 Å². The predicted molar refractivity (Wildman–Crippen MR) is 71.5 cm³/mol. The Bertz CT molecular complexity index is 560. The number of aromatic nitrogens is 2. The summed E-state index contributed by atoms with van der Waals surface area (Å²) in [5.74, 6) is 0.337. The number of methoxy groups -OCH3 is 1. The van der Waals surface area contributed by atoms with E-state index < -0.39 is 6.10 Å². The first-order valence-electron chi connectivity index (χ1n) is 5.43. The van der Waals surface area contributed by atoms with Crippen molar-refractivity contribution in [3.63, 3.8) is 0 Å². The molecular weight excluding hydrogens is 296 g/mol. The van der Waals surface area contributed by atoms with Gasteiger partial charge in [-0.15, -0.1) is 0 Å². The topological polar surface area (TPSA) is 55.2 Å². The van der Waals surface area contributed by atoms with E-state index in [1.807, 2.05) is 25.1 Å². The van der Waals surface area contributed by atoms with Crippen LogP contribution in [-0.4, -0.2) is 22.2 Å². The van der Waals surface area contributed by atoms with E-state index in [2.05, 4.69) is 25.9 Å². The van der Waals surface area contributed by atoms with E-state index >= 15 is 0 Å². The van der Waals surface area contributed by atoms with Crippen LogP contribution in [0.4, 0.5) is 0 Å². The SMILES string of the molecule is COc1nccnc1C(O)c1cccc(Br)c1C. The lowest BCUT2D eigenvalue weighted by molar-refractivity contribution is 0.207. The highest BCUT2D eigenvalue weighted by molar-refractivity contribution is 9.10. The largest absolute Gasteiger partial charge is 0.480 e. The van der Waals surface area contributed by atoms with Gasteiger partial charge in [0, 0.05) is 16.9 Å². The van der Waals surface area contributed by atoms with Gasteiger partial charge in [-0.3, -0.25) is 4.98 Å². The molecule has 0 aliphatic rings. The Morgan fingerprint density at radius 3 is 2.72 bits per heavy atom. The molecule has 0 aliphatic carbocycles. The molecule has 1 N–H and O–H groups in total. The van der Waals surface area contributed by atoms with Crippen LogP contribution in [0, 0.1) is 6.92 Å². The molecule has 5 heteroatoms. The molecule has 2 aromatic rings. The number of nitrogens with zero attached hydrogens (tertiary/aromatic N) is 2. The van der Waals surface area contributed by atoms with Crippen LogP contribution < -0.4 is 4.74 Å². The molecule has 0 radical (unpaired) electrons. The monoisotopic (exact) mass is 308 g/mol. The summed E-state index contributed by atoms with van der Waals surface area (Å²) in [5.41, 5.74) is 2.17. The Kier molecular flexibility index (Phi) is 3.93. The lowest BCUT2D eigenvalue weighted by Crippen LogP contribution is -2.07. The van der Waals surface area contributed by atoms with Crippen LogP contribution in [0.3, 0.4) is 0 Å². The number of benzene rings is 1. The fourth-order valence-electron chi connectivity index (χ4n) is 1.75. The van der Waals surface area contributed by atoms with Gasteiger partial charge in [0.2, 0.25) is 5.88 Å². The second kappa shape index (κ2) is 5.46. The van der Waals surface area contributed by atoms with Gasteiger partial charge in [-0.25, -0.2) is 4.98 Å². The number of rotatable bonds is 3. The van der Waals surface area contributed by atoms with Gasteiger partial charge < -0.3 is 9.84 Å². The lowest BCUT2D eigenvalue weighted by atomic mass is 10.0. The Morgan fingerprint density at radius 1 is 1.28 bits per heavy atom. The molecule has 94 valence electrons. The van der Waals surface area contributed by atoms with Crippen molar-refractivity contribution in [2.75, 3.05) is 7.11 Å². The highest BCUT2D eigenvalue weighted by atomic mass is 79.9. The first-order valence-corrected chi connectivity index (χ1v) is 6.22. The minimum atomic E-state index is -0.855. The Hall–Kier alpha value is -1.46. The number of halogens is 1. The molecule has 0 saturated carbocycles. The van der Waals surface area contributed by atoms with Crippen LogP contribution in [0.1, 0.15) is 22.9 Å². The van der Waals surface area contributed by atoms with E-state index in [9.17, 15) is 5.11 Å². The van der Waals surface area contributed by atoms with E-state index in [0.29, 0.717) is 11.6 Å². The molecule has 0 spiro atoms. The quantitative estimate of drug-likeness (QED) is 0.947. The average Bonchev–Trinajstić information content (AvgIpc) is 2.41. The Balaban J connectivity index is 2.48. The number of hydrogen-bond donors (Lipinski definition) is 1. The van der Waals surface area contributed by atoms with Gasteiger partial charge in [0.25, 0.3) is 0 Å². The maximum Gasteiger partial charge on any atom is 0.238 e. The summed E-state index contributed by atoms with van der Waals surface area (Å²) in [7, 11) is 1.51. The van der Waals surface area contributed by atoms with E-state index in [1.54, 1.807) is 0 Å². The zero-order chi connectivity index (χ0) is 13.1. The standard InChI is InChI=1S/C13H13BrN2O2/c1-8-9(4-3-5-10(8)14)12(17)11-13(18-2)16-7-6-15-11/h3-7,12,17H,1-2H3. The van der Waals surface area contributed by atoms with Gasteiger partial charge in [-0.1, -0.05) is 28.1 Å². The normalized spacial score (nSPS) is 12.2. The highest BCUT2D eigenvalue weighted by Crippen LogP contribution is 2.30. The zero-order valence-corrected chi connectivity index (χ0v) is 11.7. The van der Waals surface area contributed by atoms with E-state index in [-0.39, 0.29) is 0 Å². The van der Waals surface area contributed by atoms with Crippen molar-refractivity contribution in [1.29, 1.82) is 0 Å². The maximum atomic E-state index is 10.4. The predicted octanol–water partition coefficient (Wildman–Crippen LogP) is 2.64. The minimum Gasteiger partial charge on any atom is -0.480 e. The fraction of sp³-hybridized carbons (Fsp3) is 0.231. The minimum absolute atomic E-state index is 0.337. The van der Waals surface area contributed by atoms with Crippen LogP contribution >= 0.6 is 15.9 Å². The molecule has 0 aliphatic heterocycles. The van der Waals surface area contributed by atoms with Crippen LogP contribution in [0.2, 0.25) is 0 Å². The molecular formula is C13H13BrN2O2. The van der Waals surface area contributed by atoms with Crippen molar-refractivity contribution in [2.45, 2.75) is 13.0 Å². The molecule has 18 heavy (non-hydrogen) atoms. The van der Waals surface area contributed by atoms with Crippen molar-refractivity contribution in [3.8, 4) is 5.88 Å². The maximum absolute atomic E-state index is 10.4. The highest BCUT2D eigenvalue weighted by Gasteiger charge is 2.20. The summed E-state index contributed by atoms with van der Waals surface area (Å²) in [4.78, 5) is 8.18. The van der Waals surface area contributed by atoms with Crippen LogP contribution in [0.15, 0.2) is 35.1 Å². The first kappa shape index (κ1) is 13.0. The number of aliphatic hydroxyl groups excluding tert-OH is 1. The smallest absolute Gasteiger partial charge is 0.238 e. The van der Waals surface area contributed by atoms with Crippen molar-refractivity contribution < 1.29 is 9.84 Å².